The fraction of sp³-hybridized carbons (Fsp3) is 1.00. The predicted octanol–water partition coefficient (Wildman–Crippen LogP) is 0.828. The molecule has 80 valence electrons. The summed E-state index contributed by atoms with van der Waals surface area (Å²) in [6.45, 7) is 3.11. The molecule has 1 rings (SSSR count). The Kier molecular flexibility index (Phi) is 8.68. The molecule has 0 aromatic rings. The molecule has 1 aliphatic heterocycles. The minimum atomic E-state index is -1.67. The highest BCUT2D eigenvalue weighted by molar-refractivity contribution is 6.36. The molecule has 0 aromatic carbocycles. The Morgan fingerprint density at radius 1 is 1.15 bits per heavy atom. The standard InChI is InChI=1S/C5H10O.C3H10O3Si/c1-5-3-2-4-6-5;1-4-7(5-2)6-3/h5H,2-4H2,1H3;7H,1-3H3. The second-order valence-corrected chi connectivity index (χ2v) is 4.81. The summed E-state index contributed by atoms with van der Waals surface area (Å²) in [6.07, 6.45) is 3.08. The van der Waals surface area contributed by atoms with Crippen molar-refractivity contribution in [2.75, 3.05) is 27.9 Å². The van der Waals surface area contributed by atoms with Gasteiger partial charge in [-0.15, -0.1) is 0 Å². The molecular weight excluding hydrogens is 188 g/mol. The summed E-state index contributed by atoms with van der Waals surface area (Å²) < 4.78 is 19.4. The summed E-state index contributed by atoms with van der Waals surface area (Å²) in [5.74, 6) is 0. The van der Waals surface area contributed by atoms with E-state index < -0.39 is 9.53 Å². The van der Waals surface area contributed by atoms with Crippen molar-refractivity contribution in [2.45, 2.75) is 25.9 Å². The van der Waals surface area contributed by atoms with Crippen LogP contribution < -0.4 is 0 Å². The van der Waals surface area contributed by atoms with E-state index in [0.717, 1.165) is 6.61 Å². The lowest BCUT2D eigenvalue weighted by molar-refractivity contribution is 0.125. The maximum atomic E-state index is 5.15. The van der Waals surface area contributed by atoms with Crippen LogP contribution in [0.4, 0.5) is 0 Å². The van der Waals surface area contributed by atoms with E-state index in [2.05, 4.69) is 6.92 Å². The third kappa shape index (κ3) is 7.15. The lowest BCUT2D eigenvalue weighted by Crippen LogP contribution is -2.21. The highest BCUT2D eigenvalue weighted by atomic mass is 28.3. The molecule has 0 saturated carbocycles. The average molecular weight is 208 g/mol. The SMILES string of the molecule is CC1CCCO1.CO[SiH](OC)OC. The molecule has 1 unspecified atom stereocenters. The van der Waals surface area contributed by atoms with Gasteiger partial charge in [0.15, 0.2) is 0 Å². The van der Waals surface area contributed by atoms with Crippen LogP contribution >= 0.6 is 0 Å². The summed E-state index contributed by atoms with van der Waals surface area (Å²) in [6, 6.07) is 0. The van der Waals surface area contributed by atoms with Crippen molar-refractivity contribution in [1.82, 2.24) is 0 Å². The Hall–Kier alpha value is 0.0569. The molecule has 0 aromatic heterocycles. The van der Waals surface area contributed by atoms with E-state index in [1.807, 2.05) is 0 Å². The highest BCUT2D eigenvalue weighted by Gasteiger charge is 2.07. The molecule has 1 atom stereocenters. The fourth-order valence-corrected chi connectivity index (χ4v) is 1.60. The fourth-order valence-electron chi connectivity index (χ4n) is 1.03. The molecule has 5 heteroatoms. The second kappa shape index (κ2) is 8.65. The maximum absolute atomic E-state index is 5.15. The normalized spacial score (nSPS) is 21.5. The smallest absolute Gasteiger partial charge is 0.379 e. The lowest BCUT2D eigenvalue weighted by Gasteiger charge is -2.05. The molecule has 1 fully saturated rings. The zero-order valence-corrected chi connectivity index (χ0v) is 10.1. The topological polar surface area (TPSA) is 36.9 Å². The van der Waals surface area contributed by atoms with Crippen molar-refractivity contribution in [3.8, 4) is 0 Å². The van der Waals surface area contributed by atoms with Gasteiger partial charge in [-0.3, -0.25) is 0 Å². The first-order valence-corrected chi connectivity index (χ1v) is 5.86. The molecule has 1 saturated heterocycles. The van der Waals surface area contributed by atoms with E-state index in [-0.39, 0.29) is 0 Å². The molecule has 0 aliphatic carbocycles. The number of hydrogen-bond acceptors (Lipinski definition) is 4. The van der Waals surface area contributed by atoms with Gasteiger partial charge in [-0.1, -0.05) is 0 Å². The van der Waals surface area contributed by atoms with Gasteiger partial charge in [-0.05, 0) is 19.8 Å². The monoisotopic (exact) mass is 208 g/mol. The first-order chi connectivity index (χ1) is 6.24. The summed E-state index contributed by atoms with van der Waals surface area (Å²) in [7, 11) is 3.05. The van der Waals surface area contributed by atoms with Crippen LogP contribution in [0.25, 0.3) is 0 Å². The molecule has 0 radical (unpaired) electrons. The minimum Gasteiger partial charge on any atom is -0.379 e. The van der Waals surface area contributed by atoms with Crippen LogP contribution in [-0.4, -0.2) is 43.6 Å². The van der Waals surface area contributed by atoms with E-state index in [1.54, 1.807) is 21.3 Å². The van der Waals surface area contributed by atoms with Crippen LogP contribution in [0.3, 0.4) is 0 Å². The lowest BCUT2D eigenvalue weighted by atomic mass is 10.3. The van der Waals surface area contributed by atoms with Gasteiger partial charge < -0.3 is 18.0 Å². The van der Waals surface area contributed by atoms with Gasteiger partial charge in [0, 0.05) is 27.9 Å². The Bertz CT molecular complexity index is 96.8. The summed E-state index contributed by atoms with van der Waals surface area (Å²) in [5.41, 5.74) is 0. The molecule has 13 heavy (non-hydrogen) atoms. The predicted molar refractivity (Wildman–Crippen MR) is 52.8 cm³/mol. The van der Waals surface area contributed by atoms with Crippen LogP contribution in [0.15, 0.2) is 0 Å². The Morgan fingerprint density at radius 3 is 1.77 bits per heavy atom. The van der Waals surface area contributed by atoms with Gasteiger partial charge in [0.05, 0.1) is 6.10 Å². The van der Waals surface area contributed by atoms with Crippen LogP contribution in [0.1, 0.15) is 19.8 Å². The first kappa shape index (κ1) is 13.1. The largest absolute Gasteiger partial charge is 0.483 e. The third-order valence-electron chi connectivity index (χ3n) is 1.73. The Balaban J connectivity index is 0.000000223. The second-order valence-electron chi connectivity index (χ2n) is 2.82. The van der Waals surface area contributed by atoms with Gasteiger partial charge >= 0.3 is 9.53 Å². The molecule has 1 aliphatic rings. The zero-order valence-electron chi connectivity index (χ0n) is 8.91. The Labute approximate surface area is 82.1 Å². The minimum absolute atomic E-state index is 0.546. The van der Waals surface area contributed by atoms with E-state index in [4.69, 9.17) is 18.0 Å². The van der Waals surface area contributed by atoms with Crippen molar-refractivity contribution >= 4 is 9.53 Å². The summed E-state index contributed by atoms with van der Waals surface area (Å²) in [4.78, 5) is 0. The van der Waals surface area contributed by atoms with Crippen molar-refractivity contribution in [1.29, 1.82) is 0 Å². The van der Waals surface area contributed by atoms with Gasteiger partial charge in [0.2, 0.25) is 0 Å². The molecule has 0 amide bonds. The third-order valence-corrected chi connectivity index (χ3v) is 2.89. The first-order valence-electron chi connectivity index (χ1n) is 4.44. The van der Waals surface area contributed by atoms with E-state index >= 15 is 0 Å². The van der Waals surface area contributed by atoms with Gasteiger partial charge in [-0.25, -0.2) is 0 Å². The van der Waals surface area contributed by atoms with Crippen molar-refractivity contribution < 1.29 is 18.0 Å². The average Bonchev–Trinajstić information content (AvgIpc) is 2.60. The van der Waals surface area contributed by atoms with E-state index in [1.165, 1.54) is 12.8 Å². The summed E-state index contributed by atoms with van der Waals surface area (Å²) >= 11 is 0. The molecule has 0 bridgehead atoms. The molecular formula is C8H20O4Si. The zero-order chi connectivity index (χ0) is 10.1. The molecule has 0 spiro atoms. The van der Waals surface area contributed by atoms with E-state index in [0.29, 0.717) is 6.10 Å². The highest BCUT2D eigenvalue weighted by Crippen LogP contribution is 2.09. The van der Waals surface area contributed by atoms with Gasteiger partial charge in [0.1, 0.15) is 0 Å². The Morgan fingerprint density at radius 2 is 1.69 bits per heavy atom. The quantitative estimate of drug-likeness (QED) is 0.644. The van der Waals surface area contributed by atoms with Crippen LogP contribution in [0.2, 0.25) is 0 Å². The van der Waals surface area contributed by atoms with Crippen LogP contribution in [-0.2, 0) is 18.0 Å². The number of hydrogen-bond donors (Lipinski definition) is 0. The molecule has 0 N–H and O–H groups in total. The van der Waals surface area contributed by atoms with Crippen molar-refractivity contribution in [3.05, 3.63) is 0 Å². The van der Waals surface area contributed by atoms with Crippen LogP contribution in [0, 0.1) is 0 Å². The maximum Gasteiger partial charge on any atom is 0.483 e. The van der Waals surface area contributed by atoms with E-state index in [9.17, 15) is 0 Å². The van der Waals surface area contributed by atoms with Crippen molar-refractivity contribution in [2.24, 2.45) is 0 Å². The van der Waals surface area contributed by atoms with Crippen LogP contribution in [0.5, 0.6) is 0 Å². The summed E-state index contributed by atoms with van der Waals surface area (Å²) in [5, 5.41) is 0. The number of ether oxygens (including phenoxy) is 1. The molecule has 4 nitrogen and oxygen atoms in total. The molecule has 1 heterocycles. The van der Waals surface area contributed by atoms with Crippen molar-refractivity contribution in [3.63, 3.8) is 0 Å². The number of rotatable bonds is 3. The van der Waals surface area contributed by atoms with Gasteiger partial charge in [-0.2, -0.15) is 0 Å². The van der Waals surface area contributed by atoms with Gasteiger partial charge in [0.25, 0.3) is 0 Å².